The number of ether oxygens (including phenoxy) is 1. The van der Waals surface area contributed by atoms with E-state index in [2.05, 4.69) is 15.0 Å². The van der Waals surface area contributed by atoms with E-state index in [-0.39, 0.29) is 11.5 Å². The first kappa shape index (κ1) is 21.6. The minimum atomic E-state index is -4.90. The molecule has 1 aliphatic rings. The monoisotopic (exact) mass is 422 g/mol. The highest BCUT2D eigenvalue weighted by Crippen LogP contribution is 2.27. The second kappa shape index (κ2) is 9.17. The first-order valence-electron chi connectivity index (χ1n) is 9.41. The summed E-state index contributed by atoms with van der Waals surface area (Å²) in [6.07, 6.45) is -3.73. The molecule has 2 N–H and O–H groups in total. The maximum absolute atomic E-state index is 12.6. The van der Waals surface area contributed by atoms with Gasteiger partial charge in [-0.3, -0.25) is 14.5 Å². The first-order chi connectivity index (χ1) is 14.2. The molecule has 1 amide bonds. The van der Waals surface area contributed by atoms with Crippen LogP contribution in [-0.4, -0.2) is 41.3 Å². The van der Waals surface area contributed by atoms with Gasteiger partial charge in [-0.15, -0.1) is 13.2 Å². The third kappa shape index (κ3) is 5.96. The number of piperidine rings is 1. The van der Waals surface area contributed by atoms with E-state index in [0.29, 0.717) is 38.2 Å². The zero-order chi connectivity index (χ0) is 21.7. The molecule has 9 heteroatoms. The van der Waals surface area contributed by atoms with Crippen molar-refractivity contribution in [3.8, 4) is 5.75 Å². The van der Waals surface area contributed by atoms with Crippen molar-refractivity contribution >= 4 is 17.6 Å². The highest BCUT2D eigenvalue weighted by molar-refractivity contribution is 6.06. The molecular formula is C21H21F3N2O4. The Bertz CT molecular complexity index is 909. The summed E-state index contributed by atoms with van der Waals surface area (Å²) >= 11 is 0. The van der Waals surface area contributed by atoms with Crippen LogP contribution in [0.15, 0.2) is 48.5 Å². The number of anilines is 1. The van der Waals surface area contributed by atoms with E-state index in [4.69, 9.17) is 5.11 Å². The number of benzene rings is 2. The highest BCUT2D eigenvalue weighted by atomic mass is 19.4. The van der Waals surface area contributed by atoms with Crippen LogP contribution in [0.25, 0.3) is 0 Å². The molecule has 0 saturated carbocycles. The lowest BCUT2D eigenvalue weighted by Gasteiger charge is -2.30. The quantitative estimate of drug-likeness (QED) is 0.732. The van der Waals surface area contributed by atoms with Gasteiger partial charge >= 0.3 is 12.3 Å². The molecule has 2 aromatic rings. The van der Waals surface area contributed by atoms with Gasteiger partial charge in [0.25, 0.3) is 5.91 Å². The van der Waals surface area contributed by atoms with E-state index in [0.717, 1.165) is 11.6 Å². The normalized spacial score (nSPS) is 15.6. The van der Waals surface area contributed by atoms with Gasteiger partial charge in [0, 0.05) is 12.2 Å². The summed E-state index contributed by atoms with van der Waals surface area (Å²) in [5, 5.41) is 11.7. The van der Waals surface area contributed by atoms with Crippen LogP contribution in [0.1, 0.15) is 28.8 Å². The fourth-order valence-corrected chi connectivity index (χ4v) is 3.41. The number of rotatable bonds is 6. The molecule has 0 aromatic heterocycles. The van der Waals surface area contributed by atoms with Crippen molar-refractivity contribution in [2.75, 3.05) is 18.4 Å². The number of carbonyl (C=O) groups excluding carboxylic acids is 1. The van der Waals surface area contributed by atoms with Gasteiger partial charge in [-0.1, -0.05) is 24.3 Å². The van der Waals surface area contributed by atoms with Crippen molar-refractivity contribution in [1.82, 2.24) is 4.90 Å². The molecule has 0 aliphatic carbocycles. The molecule has 30 heavy (non-hydrogen) atoms. The number of hydrogen-bond donors (Lipinski definition) is 2. The molecule has 2 aromatic carbocycles. The zero-order valence-corrected chi connectivity index (χ0v) is 16.0. The lowest BCUT2D eigenvalue weighted by Crippen LogP contribution is -2.35. The fraction of sp³-hybridized carbons (Fsp3) is 0.333. The fourth-order valence-electron chi connectivity index (χ4n) is 3.41. The van der Waals surface area contributed by atoms with Crippen molar-refractivity contribution in [2.24, 2.45) is 5.92 Å². The summed E-state index contributed by atoms with van der Waals surface area (Å²) in [5.74, 6) is -2.37. The number of nitrogens with one attached hydrogen (secondary N) is 1. The lowest BCUT2D eigenvalue weighted by molar-refractivity contribution is -0.274. The molecule has 1 heterocycles. The van der Waals surface area contributed by atoms with Crippen LogP contribution >= 0.6 is 0 Å². The molecule has 0 spiro atoms. The van der Waals surface area contributed by atoms with E-state index in [1.807, 2.05) is 6.07 Å². The second-order valence-electron chi connectivity index (χ2n) is 7.09. The molecule has 0 radical (unpaired) electrons. The number of halogens is 3. The summed E-state index contributed by atoms with van der Waals surface area (Å²) in [5.41, 5.74) is 1.12. The molecule has 160 valence electrons. The standard InChI is InChI=1S/C21H21F3N2O4/c22-21(23,24)30-18-7-2-1-6-17(18)19(27)25-16-5-3-4-14(12-16)13-26-10-8-15(9-11-26)20(28)29/h1-7,12,15H,8-11,13H2,(H,25,27)(H,28,29). The third-order valence-corrected chi connectivity index (χ3v) is 4.89. The summed E-state index contributed by atoms with van der Waals surface area (Å²) in [6.45, 7) is 1.91. The second-order valence-corrected chi connectivity index (χ2v) is 7.09. The molecule has 1 saturated heterocycles. The highest BCUT2D eigenvalue weighted by Gasteiger charge is 2.33. The van der Waals surface area contributed by atoms with Gasteiger partial charge in [0.1, 0.15) is 5.75 Å². The van der Waals surface area contributed by atoms with Gasteiger partial charge in [0.2, 0.25) is 0 Å². The molecule has 1 aliphatic heterocycles. The minimum Gasteiger partial charge on any atom is -0.481 e. The largest absolute Gasteiger partial charge is 0.573 e. The predicted octanol–water partition coefficient (Wildman–Crippen LogP) is 4.13. The van der Waals surface area contributed by atoms with Crippen molar-refractivity contribution in [2.45, 2.75) is 25.7 Å². The number of carbonyl (C=O) groups is 2. The Kier molecular flexibility index (Phi) is 6.61. The molecule has 6 nitrogen and oxygen atoms in total. The maximum atomic E-state index is 12.6. The van der Waals surface area contributed by atoms with Gasteiger partial charge in [-0.2, -0.15) is 0 Å². The summed E-state index contributed by atoms with van der Waals surface area (Å²) < 4.78 is 41.6. The van der Waals surface area contributed by atoms with E-state index in [1.165, 1.54) is 18.2 Å². The number of likely N-dealkylation sites (tertiary alicyclic amines) is 1. The van der Waals surface area contributed by atoms with Crippen LogP contribution < -0.4 is 10.1 Å². The van der Waals surface area contributed by atoms with E-state index in [1.54, 1.807) is 18.2 Å². The van der Waals surface area contributed by atoms with Gasteiger partial charge in [-0.05, 0) is 55.8 Å². The molecule has 0 bridgehead atoms. The Morgan fingerprint density at radius 2 is 1.80 bits per heavy atom. The Morgan fingerprint density at radius 1 is 1.10 bits per heavy atom. The number of hydrogen-bond acceptors (Lipinski definition) is 4. The Balaban J connectivity index is 1.65. The molecule has 0 atom stereocenters. The van der Waals surface area contributed by atoms with Gasteiger partial charge in [0.05, 0.1) is 11.5 Å². The number of carboxylic acids is 1. The van der Waals surface area contributed by atoms with Crippen LogP contribution in [0.3, 0.4) is 0 Å². The topological polar surface area (TPSA) is 78.9 Å². The van der Waals surface area contributed by atoms with Crippen LogP contribution in [0.4, 0.5) is 18.9 Å². The number of amides is 1. The smallest absolute Gasteiger partial charge is 0.481 e. The van der Waals surface area contributed by atoms with E-state index < -0.39 is 24.0 Å². The Labute approximate surface area is 171 Å². The van der Waals surface area contributed by atoms with Crippen molar-refractivity contribution in [3.05, 3.63) is 59.7 Å². The predicted molar refractivity (Wildman–Crippen MR) is 103 cm³/mol. The number of para-hydroxylation sites is 1. The van der Waals surface area contributed by atoms with E-state index >= 15 is 0 Å². The van der Waals surface area contributed by atoms with Gasteiger partial charge in [0.15, 0.2) is 0 Å². The number of carboxylic acid groups (broad SMARTS) is 1. The Morgan fingerprint density at radius 3 is 2.47 bits per heavy atom. The van der Waals surface area contributed by atoms with Crippen molar-refractivity contribution in [1.29, 1.82) is 0 Å². The number of alkyl halides is 3. The molecule has 1 fully saturated rings. The molecular weight excluding hydrogens is 401 g/mol. The van der Waals surface area contributed by atoms with Gasteiger partial charge < -0.3 is 15.2 Å². The summed E-state index contributed by atoms with van der Waals surface area (Å²) in [7, 11) is 0. The van der Waals surface area contributed by atoms with E-state index in [9.17, 15) is 22.8 Å². The summed E-state index contributed by atoms with van der Waals surface area (Å²) in [4.78, 5) is 25.7. The van der Waals surface area contributed by atoms with Crippen LogP contribution in [0, 0.1) is 5.92 Å². The number of aliphatic carboxylic acids is 1. The molecule has 0 unspecified atom stereocenters. The third-order valence-electron chi connectivity index (χ3n) is 4.89. The van der Waals surface area contributed by atoms with Crippen molar-refractivity contribution < 1.29 is 32.6 Å². The Hall–Kier alpha value is -3.07. The average molecular weight is 422 g/mol. The lowest BCUT2D eigenvalue weighted by atomic mass is 9.97. The zero-order valence-electron chi connectivity index (χ0n) is 16.0. The van der Waals surface area contributed by atoms with Crippen LogP contribution in [0.2, 0.25) is 0 Å². The first-order valence-corrected chi connectivity index (χ1v) is 9.41. The maximum Gasteiger partial charge on any atom is 0.573 e. The SMILES string of the molecule is O=C(Nc1cccc(CN2CCC(C(=O)O)CC2)c1)c1ccccc1OC(F)(F)F. The molecule has 3 rings (SSSR count). The van der Waals surface area contributed by atoms with Crippen molar-refractivity contribution in [3.63, 3.8) is 0 Å². The van der Waals surface area contributed by atoms with Gasteiger partial charge in [-0.25, -0.2) is 0 Å². The summed E-state index contributed by atoms with van der Waals surface area (Å²) in [6, 6.07) is 12.2. The van der Waals surface area contributed by atoms with Crippen LogP contribution in [-0.2, 0) is 11.3 Å². The average Bonchev–Trinajstić information content (AvgIpc) is 2.68. The number of nitrogens with zero attached hydrogens (tertiary/aromatic N) is 1. The minimum absolute atomic E-state index is 0.226. The van der Waals surface area contributed by atoms with Crippen LogP contribution in [0.5, 0.6) is 5.75 Å².